The first-order valence-electron chi connectivity index (χ1n) is 10.4. The van der Waals surface area contributed by atoms with Crippen molar-refractivity contribution in [3.8, 4) is 5.75 Å². The maximum atomic E-state index is 14.2. The molecule has 6 heteroatoms. The Morgan fingerprint density at radius 2 is 1.74 bits per heavy atom. The normalized spacial score (nSPS) is 11.7. The van der Waals surface area contributed by atoms with Crippen LogP contribution in [0.5, 0.6) is 5.75 Å². The van der Waals surface area contributed by atoms with Crippen molar-refractivity contribution in [3.05, 3.63) is 78.1 Å². The average Bonchev–Trinajstić information content (AvgIpc) is 2.80. The summed E-state index contributed by atoms with van der Waals surface area (Å²) in [6.07, 6.45) is 0.782. The summed E-state index contributed by atoms with van der Waals surface area (Å²) in [7, 11) is 0. The van der Waals surface area contributed by atoms with Crippen molar-refractivity contribution < 1.29 is 18.7 Å². The Bertz CT molecular complexity index is 1050. The van der Waals surface area contributed by atoms with Crippen LogP contribution in [-0.2, 0) is 16.1 Å². The summed E-state index contributed by atoms with van der Waals surface area (Å²) in [5.41, 5.74) is 0.344. The molecule has 0 saturated heterocycles. The zero-order chi connectivity index (χ0) is 22.2. The van der Waals surface area contributed by atoms with Gasteiger partial charge in [0.05, 0.1) is 0 Å². The van der Waals surface area contributed by atoms with Crippen molar-refractivity contribution in [2.75, 3.05) is 13.2 Å². The van der Waals surface area contributed by atoms with E-state index in [2.05, 4.69) is 5.32 Å². The summed E-state index contributed by atoms with van der Waals surface area (Å²) in [6, 6.07) is 18.8. The van der Waals surface area contributed by atoms with Crippen LogP contribution in [0.2, 0.25) is 0 Å². The Morgan fingerprint density at radius 3 is 2.52 bits per heavy atom. The molecule has 0 aliphatic carbocycles. The lowest BCUT2D eigenvalue weighted by molar-refractivity contribution is -0.142. The van der Waals surface area contributed by atoms with Crippen LogP contribution in [0.4, 0.5) is 4.39 Å². The molecule has 1 atom stereocenters. The third-order valence-corrected chi connectivity index (χ3v) is 5.12. The SMILES string of the molecule is CCCNC(=O)C(C)N(Cc1ccccc1F)C(=O)COc1cccc2ccccc12. The highest BCUT2D eigenvalue weighted by atomic mass is 19.1. The summed E-state index contributed by atoms with van der Waals surface area (Å²) >= 11 is 0. The van der Waals surface area contributed by atoms with Crippen LogP contribution in [0, 0.1) is 5.82 Å². The Balaban J connectivity index is 1.79. The van der Waals surface area contributed by atoms with E-state index in [1.54, 1.807) is 31.2 Å². The molecular weight excluding hydrogens is 395 g/mol. The van der Waals surface area contributed by atoms with Gasteiger partial charge in [0.2, 0.25) is 5.91 Å². The van der Waals surface area contributed by atoms with Gasteiger partial charge in [-0.1, -0.05) is 61.5 Å². The molecule has 3 rings (SSSR count). The first-order valence-corrected chi connectivity index (χ1v) is 10.4. The molecule has 31 heavy (non-hydrogen) atoms. The molecule has 0 radical (unpaired) electrons. The molecule has 0 aliphatic rings. The van der Waals surface area contributed by atoms with E-state index in [0.717, 1.165) is 17.2 Å². The number of carbonyl (C=O) groups excluding carboxylic acids is 2. The molecule has 3 aromatic rings. The largest absolute Gasteiger partial charge is 0.483 e. The number of carbonyl (C=O) groups is 2. The van der Waals surface area contributed by atoms with Gasteiger partial charge in [0.15, 0.2) is 6.61 Å². The number of hydrogen-bond donors (Lipinski definition) is 1. The average molecular weight is 423 g/mol. The van der Waals surface area contributed by atoms with Crippen molar-refractivity contribution in [3.63, 3.8) is 0 Å². The molecule has 0 aliphatic heterocycles. The fourth-order valence-corrected chi connectivity index (χ4v) is 3.33. The van der Waals surface area contributed by atoms with Crippen LogP contribution < -0.4 is 10.1 Å². The lowest BCUT2D eigenvalue weighted by atomic mass is 10.1. The summed E-state index contributed by atoms with van der Waals surface area (Å²) in [6.45, 7) is 3.82. The molecule has 0 bridgehead atoms. The molecule has 5 nitrogen and oxygen atoms in total. The monoisotopic (exact) mass is 422 g/mol. The smallest absolute Gasteiger partial charge is 0.261 e. The lowest BCUT2D eigenvalue weighted by Gasteiger charge is -2.29. The molecule has 0 aromatic heterocycles. The van der Waals surface area contributed by atoms with Gasteiger partial charge in [-0.05, 0) is 30.9 Å². The summed E-state index contributed by atoms with van der Waals surface area (Å²) < 4.78 is 20.1. The number of nitrogens with one attached hydrogen (secondary N) is 1. The van der Waals surface area contributed by atoms with E-state index in [1.165, 1.54) is 11.0 Å². The highest BCUT2D eigenvalue weighted by Gasteiger charge is 2.27. The number of hydrogen-bond acceptors (Lipinski definition) is 3. The third-order valence-electron chi connectivity index (χ3n) is 5.12. The predicted molar refractivity (Wildman–Crippen MR) is 119 cm³/mol. The zero-order valence-corrected chi connectivity index (χ0v) is 17.8. The van der Waals surface area contributed by atoms with Gasteiger partial charge in [-0.2, -0.15) is 0 Å². The second-order valence-corrected chi connectivity index (χ2v) is 7.35. The van der Waals surface area contributed by atoms with Crippen molar-refractivity contribution >= 4 is 22.6 Å². The minimum absolute atomic E-state index is 0.0227. The van der Waals surface area contributed by atoms with E-state index < -0.39 is 17.8 Å². The van der Waals surface area contributed by atoms with Crippen LogP contribution in [-0.4, -0.2) is 35.9 Å². The first kappa shape index (κ1) is 22.3. The minimum atomic E-state index is -0.769. The maximum absolute atomic E-state index is 14.2. The number of amides is 2. The number of fused-ring (bicyclic) bond motifs is 1. The van der Waals surface area contributed by atoms with Crippen LogP contribution >= 0.6 is 0 Å². The van der Waals surface area contributed by atoms with Gasteiger partial charge in [0.25, 0.3) is 5.91 Å². The predicted octanol–water partition coefficient (Wildman–Crippen LogP) is 4.30. The summed E-state index contributed by atoms with van der Waals surface area (Å²) in [4.78, 5) is 27.0. The van der Waals surface area contributed by atoms with Gasteiger partial charge in [0.1, 0.15) is 17.6 Å². The van der Waals surface area contributed by atoms with Crippen molar-refractivity contribution in [1.82, 2.24) is 10.2 Å². The molecule has 0 heterocycles. The highest BCUT2D eigenvalue weighted by molar-refractivity contribution is 5.90. The summed E-state index contributed by atoms with van der Waals surface area (Å²) in [5.74, 6) is -0.510. The van der Waals surface area contributed by atoms with Crippen LogP contribution in [0.25, 0.3) is 10.8 Å². The van der Waals surface area contributed by atoms with Gasteiger partial charge in [0, 0.05) is 24.0 Å². The Hall–Kier alpha value is -3.41. The van der Waals surface area contributed by atoms with E-state index in [1.807, 2.05) is 43.3 Å². The second-order valence-electron chi connectivity index (χ2n) is 7.35. The number of rotatable bonds is 9. The summed E-state index contributed by atoms with van der Waals surface area (Å²) in [5, 5.41) is 4.70. The molecule has 0 spiro atoms. The molecule has 2 amide bonds. The molecule has 0 fully saturated rings. The van der Waals surface area contributed by atoms with Gasteiger partial charge in [-0.25, -0.2) is 4.39 Å². The van der Waals surface area contributed by atoms with Gasteiger partial charge >= 0.3 is 0 Å². The van der Waals surface area contributed by atoms with Crippen molar-refractivity contribution in [2.45, 2.75) is 32.9 Å². The maximum Gasteiger partial charge on any atom is 0.261 e. The fourth-order valence-electron chi connectivity index (χ4n) is 3.33. The molecule has 1 N–H and O–H groups in total. The fraction of sp³-hybridized carbons (Fsp3) is 0.280. The van der Waals surface area contributed by atoms with Crippen molar-refractivity contribution in [1.29, 1.82) is 0 Å². The number of nitrogens with zero attached hydrogens (tertiary/aromatic N) is 1. The quantitative estimate of drug-likeness (QED) is 0.559. The van der Waals surface area contributed by atoms with E-state index in [4.69, 9.17) is 4.74 Å². The third kappa shape index (κ3) is 5.60. The Labute approximate surface area is 181 Å². The van der Waals surface area contributed by atoms with Crippen LogP contribution in [0.1, 0.15) is 25.8 Å². The number of benzene rings is 3. The lowest BCUT2D eigenvalue weighted by Crippen LogP contribution is -2.49. The zero-order valence-electron chi connectivity index (χ0n) is 17.8. The van der Waals surface area contributed by atoms with E-state index >= 15 is 0 Å². The topological polar surface area (TPSA) is 58.6 Å². The minimum Gasteiger partial charge on any atom is -0.483 e. The van der Waals surface area contributed by atoms with E-state index in [-0.39, 0.29) is 19.1 Å². The second kappa shape index (κ2) is 10.6. The number of ether oxygens (including phenoxy) is 1. The van der Waals surface area contributed by atoms with Gasteiger partial charge in [-0.15, -0.1) is 0 Å². The van der Waals surface area contributed by atoms with Gasteiger partial charge in [-0.3, -0.25) is 9.59 Å². The van der Waals surface area contributed by atoms with E-state index in [9.17, 15) is 14.0 Å². The Morgan fingerprint density at radius 1 is 1.03 bits per heavy atom. The number of halogens is 1. The van der Waals surface area contributed by atoms with Crippen LogP contribution in [0.3, 0.4) is 0 Å². The molecule has 162 valence electrons. The first-order chi connectivity index (χ1) is 15.0. The molecule has 3 aromatic carbocycles. The Kier molecular flexibility index (Phi) is 7.60. The van der Waals surface area contributed by atoms with Gasteiger partial charge < -0.3 is 15.0 Å². The molecule has 0 saturated carbocycles. The standard InChI is InChI=1S/C25H27FN2O3/c1-3-15-27-25(30)18(2)28(16-20-10-5-7-13-22(20)26)24(29)17-31-23-14-8-11-19-9-4-6-12-21(19)23/h4-14,18H,3,15-17H2,1-2H3,(H,27,30). The molecule has 1 unspecified atom stereocenters. The van der Waals surface area contributed by atoms with Crippen LogP contribution in [0.15, 0.2) is 66.7 Å². The molecular formula is C25H27FN2O3. The highest BCUT2D eigenvalue weighted by Crippen LogP contribution is 2.25. The van der Waals surface area contributed by atoms with E-state index in [0.29, 0.717) is 17.9 Å². The van der Waals surface area contributed by atoms with Crippen molar-refractivity contribution in [2.24, 2.45) is 0 Å².